The van der Waals surface area contributed by atoms with Crippen LogP contribution in [0.4, 0.5) is 10.5 Å². The highest BCUT2D eigenvalue weighted by atomic mass is 16.5. The quantitative estimate of drug-likeness (QED) is 0.778. The van der Waals surface area contributed by atoms with Gasteiger partial charge in [-0.3, -0.25) is 0 Å². The molecule has 6 nitrogen and oxygen atoms in total. The number of benzene rings is 2. The van der Waals surface area contributed by atoms with Crippen molar-refractivity contribution in [2.24, 2.45) is 0 Å². The molecule has 0 bridgehead atoms. The van der Waals surface area contributed by atoms with Gasteiger partial charge in [-0.15, -0.1) is 0 Å². The molecule has 1 saturated heterocycles. The van der Waals surface area contributed by atoms with E-state index in [1.165, 1.54) is 16.8 Å². The third kappa shape index (κ3) is 5.31. The number of nitrogens with one attached hydrogen (secondary N) is 1. The number of piperazine rings is 1. The molecule has 1 aliphatic rings. The standard InChI is InChI=1S/C22H29N3O3/c1-17-14-18(2)16-19(15-17)24-9-11-25(12-10-24)22(26)23-8-13-28-21-6-4-20(27-3)5-7-21/h4-7,14-16H,8-13H2,1-3H3,(H,23,26). The predicted octanol–water partition coefficient (Wildman–Crippen LogP) is 3.22. The Hall–Kier alpha value is -2.89. The number of hydrogen-bond acceptors (Lipinski definition) is 4. The molecule has 0 spiro atoms. The van der Waals surface area contributed by atoms with Crippen molar-refractivity contribution in [3.8, 4) is 11.5 Å². The molecule has 0 aliphatic carbocycles. The molecule has 28 heavy (non-hydrogen) atoms. The highest BCUT2D eigenvalue weighted by Crippen LogP contribution is 2.20. The molecule has 0 radical (unpaired) electrons. The van der Waals surface area contributed by atoms with E-state index in [4.69, 9.17) is 9.47 Å². The number of rotatable bonds is 6. The van der Waals surface area contributed by atoms with Gasteiger partial charge < -0.3 is 24.6 Å². The highest BCUT2D eigenvalue weighted by molar-refractivity contribution is 5.74. The molecule has 3 rings (SSSR count). The normalized spacial score (nSPS) is 14.0. The minimum atomic E-state index is -0.0293. The van der Waals surface area contributed by atoms with Crippen molar-refractivity contribution >= 4 is 11.7 Å². The van der Waals surface area contributed by atoms with Crippen molar-refractivity contribution in [3.63, 3.8) is 0 Å². The van der Waals surface area contributed by atoms with Gasteiger partial charge in [-0.25, -0.2) is 4.79 Å². The molecule has 2 amide bonds. The van der Waals surface area contributed by atoms with Crippen LogP contribution in [0.25, 0.3) is 0 Å². The molecular weight excluding hydrogens is 354 g/mol. The van der Waals surface area contributed by atoms with Crippen LogP contribution >= 0.6 is 0 Å². The molecule has 1 N–H and O–H groups in total. The molecule has 6 heteroatoms. The summed E-state index contributed by atoms with van der Waals surface area (Å²) in [5.74, 6) is 1.55. The summed E-state index contributed by atoms with van der Waals surface area (Å²) >= 11 is 0. The minimum Gasteiger partial charge on any atom is -0.497 e. The van der Waals surface area contributed by atoms with Gasteiger partial charge in [0.25, 0.3) is 0 Å². The maximum absolute atomic E-state index is 12.4. The van der Waals surface area contributed by atoms with Gasteiger partial charge in [0.15, 0.2) is 0 Å². The van der Waals surface area contributed by atoms with Gasteiger partial charge in [0.1, 0.15) is 18.1 Å². The summed E-state index contributed by atoms with van der Waals surface area (Å²) in [5.41, 5.74) is 3.78. The van der Waals surface area contributed by atoms with Gasteiger partial charge in [-0.1, -0.05) is 6.07 Å². The first-order valence-electron chi connectivity index (χ1n) is 9.68. The number of aryl methyl sites for hydroxylation is 2. The monoisotopic (exact) mass is 383 g/mol. The second-order valence-electron chi connectivity index (χ2n) is 7.08. The van der Waals surface area contributed by atoms with Crippen LogP contribution in [-0.4, -0.2) is 57.4 Å². The number of amides is 2. The number of carbonyl (C=O) groups is 1. The van der Waals surface area contributed by atoms with Gasteiger partial charge >= 0.3 is 6.03 Å². The van der Waals surface area contributed by atoms with Crippen LogP contribution in [0.15, 0.2) is 42.5 Å². The van der Waals surface area contributed by atoms with E-state index < -0.39 is 0 Å². The minimum absolute atomic E-state index is 0.0293. The lowest BCUT2D eigenvalue weighted by Gasteiger charge is -2.36. The summed E-state index contributed by atoms with van der Waals surface area (Å²) in [7, 11) is 1.63. The lowest BCUT2D eigenvalue weighted by molar-refractivity contribution is 0.191. The fourth-order valence-electron chi connectivity index (χ4n) is 3.41. The molecule has 1 heterocycles. The number of nitrogens with zero attached hydrogens (tertiary/aromatic N) is 2. The Kier molecular flexibility index (Phi) is 6.63. The average molecular weight is 383 g/mol. The van der Waals surface area contributed by atoms with Crippen LogP contribution in [0.5, 0.6) is 11.5 Å². The number of carbonyl (C=O) groups excluding carboxylic acids is 1. The van der Waals surface area contributed by atoms with E-state index in [2.05, 4.69) is 42.3 Å². The molecule has 150 valence electrons. The van der Waals surface area contributed by atoms with Crippen molar-refractivity contribution in [1.82, 2.24) is 10.2 Å². The largest absolute Gasteiger partial charge is 0.497 e. The van der Waals surface area contributed by atoms with Crippen LogP contribution in [0.2, 0.25) is 0 Å². The van der Waals surface area contributed by atoms with E-state index in [1.54, 1.807) is 7.11 Å². The second kappa shape index (κ2) is 9.35. The van der Waals surface area contributed by atoms with Crippen LogP contribution in [0.1, 0.15) is 11.1 Å². The summed E-state index contributed by atoms with van der Waals surface area (Å²) in [6, 6.07) is 14.0. The van der Waals surface area contributed by atoms with Crippen LogP contribution in [0, 0.1) is 13.8 Å². The maximum atomic E-state index is 12.4. The van der Waals surface area contributed by atoms with E-state index >= 15 is 0 Å². The van der Waals surface area contributed by atoms with Crippen LogP contribution in [0.3, 0.4) is 0 Å². The predicted molar refractivity (Wildman–Crippen MR) is 112 cm³/mol. The maximum Gasteiger partial charge on any atom is 0.317 e. The number of hydrogen-bond donors (Lipinski definition) is 1. The third-order valence-electron chi connectivity index (χ3n) is 4.84. The van der Waals surface area contributed by atoms with Gasteiger partial charge in [0.05, 0.1) is 13.7 Å². The Morgan fingerprint density at radius 1 is 0.964 bits per heavy atom. The fraction of sp³-hybridized carbons (Fsp3) is 0.409. The SMILES string of the molecule is COc1ccc(OCCNC(=O)N2CCN(c3cc(C)cc(C)c3)CC2)cc1. The molecule has 0 unspecified atom stereocenters. The highest BCUT2D eigenvalue weighted by Gasteiger charge is 2.21. The summed E-state index contributed by atoms with van der Waals surface area (Å²) in [6.45, 7) is 8.28. The van der Waals surface area contributed by atoms with E-state index in [0.717, 1.165) is 37.7 Å². The zero-order chi connectivity index (χ0) is 19.9. The topological polar surface area (TPSA) is 54.0 Å². The van der Waals surface area contributed by atoms with E-state index in [1.807, 2.05) is 29.2 Å². The zero-order valence-electron chi connectivity index (χ0n) is 16.9. The third-order valence-corrected chi connectivity index (χ3v) is 4.84. The first-order valence-corrected chi connectivity index (χ1v) is 9.68. The summed E-state index contributed by atoms with van der Waals surface area (Å²) in [6.07, 6.45) is 0. The average Bonchev–Trinajstić information content (AvgIpc) is 2.71. The van der Waals surface area contributed by atoms with Gasteiger partial charge in [0.2, 0.25) is 0 Å². The van der Waals surface area contributed by atoms with E-state index in [0.29, 0.717) is 13.2 Å². The van der Waals surface area contributed by atoms with Gasteiger partial charge in [-0.05, 0) is 61.4 Å². The smallest absolute Gasteiger partial charge is 0.317 e. The zero-order valence-corrected chi connectivity index (χ0v) is 16.9. The number of urea groups is 1. The lowest BCUT2D eigenvalue weighted by atomic mass is 10.1. The first-order chi connectivity index (χ1) is 13.5. The van der Waals surface area contributed by atoms with Crippen LogP contribution < -0.4 is 19.7 Å². The Morgan fingerprint density at radius 3 is 2.18 bits per heavy atom. The van der Waals surface area contributed by atoms with Gasteiger partial charge in [0, 0.05) is 31.9 Å². The molecule has 0 atom stereocenters. The van der Waals surface area contributed by atoms with E-state index in [-0.39, 0.29) is 6.03 Å². The van der Waals surface area contributed by atoms with Gasteiger partial charge in [-0.2, -0.15) is 0 Å². The number of anilines is 1. The summed E-state index contributed by atoms with van der Waals surface area (Å²) in [5, 5.41) is 2.94. The second-order valence-corrected chi connectivity index (χ2v) is 7.08. The van der Waals surface area contributed by atoms with Crippen molar-refractivity contribution in [2.45, 2.75) is 13.8 Å². The van der Waals surface area contributed by atoms with Crippen molar-refractivity contribution in [1.29, 1.82) is 0 Å². The van der Waals surface area contributed by atoms with Crippen molar-refractivity contribution in [3.05, 3.63) is 53.6 Å². The molecule has 2 aromatic rings. The fourth-order valence-corrected chi connectivity index (χ4v) is 3.41. The Morgan fingerprint density at radius 2 is 1.57 bits per heavy atom. The first kappa shape index (κ1) is 19.9. The molecule has 1 fully saturated rings. The molecule has 0 aromatic heterocycles. The molecule has 1 aliphatic heterocycles. The van der Waals surface area contributed by atoms with E-state index in [9.17, 15) is 4.79 Å². The van der Waals surface area contributed by atoms with Crippen LogP contribution in [-0.2, 0) is 0 Å². The molecular formula is C22H29N3O3. The summed E-state index contributed by atoms with van der Waals surface area (Å²) < 4.78 is 10.8. The Bertz CT molecular complexity index is 764. The lowest BCUT2D eigenvalue weighted by Crippen LogP contribution is -2.52. The number of ether oxygens (including phenoxy) is 2. The van der Waals surface area contributed by atoms with Crippen molar-refractivity contribution in [2.75, 3.05) is 51.3 Å². The molecule has 2 aromatic carbocycles. The van der Waals surface area contributed by atoms with Crippen molar-refractivity contribution < 1.29 is 14.3 Å². The summed E-state index contributed by atoms with van der Waals surface area (Å²) in [4.78, 5) is 16.6. The Balaban J connectivity index is 1.38. The molecule has 0 saturated carbocycles. The Labute approximate surface area is 167 Å². The number of methoxy groups -OCH3 is 1.